The van der Waals surface area contributed by atoms with Crippen molar-refractivity contribution in [3.63, 3.8) is 0 Å². The molecular formula is C24H22N2O4. The lowest BCUT2D eigenvalue weighted by Gasteiger charge is -2.13. The van der Waals surface area contributed by atoms with Crippen molar-refractivity contribution in [2.75, 3.05) is 19.0 Å². The Kier molecular flexibility index (Phi) is 7.28. The highest BCUT2D eigenvalue weighted by molar-refractivity contribution is 5.92. The predicted octanol–water partition coefficient (Wildman–Crippen LogP) is 5.16. The van der Waals surface area contributed by atoms with Crippen LogP contribution in [0.4, 0.5) is 5.69 Å². The first-order chi connectivity index (χ1) is 14.7. The molecule has 6 nitrogen and oxygen atoms in total. The maximum absolute atomic E-state index is 12.4. The number of ether oxygens (including phenoxy) is 3. The van der Waals surface area contributed by atoms with Gasteiger partial charge in [0.05, 0.1) is 31.0 Å². The number of nitrogens with one attached hydrogen (secondary N) is 1. The number of carbonyl (C=O) groups excluding carboxylic acids is 1. The Morgan fingerprint density at radius 1 is 0.967 bits per heavy atom. The molecule has 0 heterocycles. The summed E-state index contributed by atoms with van der Waals surface area (Å²) < 4.78 is 16.8. The average molecular weight is 402 g/mol. The maximum Gasteiger partial charge on any atom is 0.224 e. The Morgan fingerprint density at radius 2 is 1.73 bits per heavy atom. The van der Waals surface area contributed by atoms with Crippen molar-refractivity contribution in [3.8, 4) is 29.1 Å². The molecule has 3 aromatic carbocycles. The minimum Gasteiger partial charge on any atom is -0.493 e. The van der Waals surface area contributed by atoms with Gasteiger partial charge in [0.2, 0.25) is 5.91 Å². The molecule has 3 aromatic rings. The highest BCUT2D eigenvalue weighted by Crippen LogP contribution is 2.30. The van der Waals surface area contributed by atoms with Gasteiger partial charge in [-0.1, -0.05) is 30.3 Å². The zero-order valence-corrected chi connectivity index (χ0v) is 16.6. The van der Waals surface area contributed by atoms with Gasteiger partial charge < -0.3 is 19.5 Å². The average Bonchev–Trinajstić information content (AvgIpc) is 2.78. The van der Waals surface area contributed by atoms with E-state index in [-0.39, 0.29) is 12.3 Å². The molecule has 30 heavy (non-hydrogen) atoms. The van der Waals surface area contributed by atoms with Crippen molar-refractivity contribution in [2.45, 2.75) is 12.8 Å². The second-order valence-electron chi connectivity index (χ2n) is 6.39. The normalized spacial score (nSPS) is 10.0. The number of benzene rings is 3. The van der Waals surface area contributed by atoms with Crippen molar-refractivity contribution >= 4 is 11.6 Å². The quantitative estimate of drug-likeness (QED) is 0.500. The van der Waals surface area contributed by atoms with Gasteiger partial charge in [0.15, 0.2) is 17.2 Å². The molecule has 0 aliphatic carbocycles. The third-order valence-corrected chi connectivity index (χ3v) is 4.23. The van der Waals surface area contributed by atoms with E-state index >= 15 is 0 Å². The molecule has 0 saturated heterocycles. The Labute approximate surface area is 175 Å². The van der Waals surface area contributed by atoms with Gasteiger partial charge >= 0.3 is 0 Å². The van der Waals surface area contributed by atoms with Crippen molar-refractivity contribution in [1.82, 2.24) is 0 Å². The van der Waals surface area contributed by atoms with E-state index in [0.29, 0.717) is 47.3 Å². The van der Waals surface area contributed by atoms with Crippen LogP contribution in [0.25, 0.3) is 0 Å². The number of para-hydroxylation sites is 3. The summed E-state index contributed by atoms with van der Waals surface area (Å²) in [5.41, 5.74) is 1.11. The molecular weight excluding hydrogens is 380 g/mol. The van der Waals surface area contributed by atoms with Gasteiger partial charge in [-0.3, -0.25) is 4.79 Å². The molecule has 0 atom stereocenters. The molecule has 3 rings (SSSR count). The number of rotatable bonds is 9. The first-order valence-electron chi connectivity index (χ1n) is 9.52. The summed E-state index contributed by atoms with van der Waals surface area (Å²) in [5.74, 6) is 2.18. The van der Waals surface area contributed by atoms with Gasteiger partial charge in [-0.2, -0.15) is 5.26 Å². The number of methoxy groups -OCH3 is 1. The molecule has 0 bridgehead atoms. The van der Waals surface area contributed by atoms with E-state index in [0.717, 1.165) is 0 Å². The lowest BCUT2D eigenvalue weighted by atomic mass is 10.2. The van der Waals surface area contributed by atoms with E-state index in [1.165, 1.54) is 7.11 Å². The lowest BCUT2D eigenvalue weighted by molar-refractivity contribution is -0.116. The molecule has 1 amide bonds. The third-order valence-electron chi connectivity index (χ3n) is 4.23. The van der Waals surface area contributed by atoms with Crippen molar-refractivity contribution in [2.24, 2.45) is 0 Å². The Balaban J connectivity index is 1.51. The minimum atomic E-state index is -0.130. The number of hydrogen-bond acceptors (Lipinski definition) is 5. The molecule has 0 aliphatic rings. The van der Waals surface area contributed by atoms with Gasteiger partial charge in [-0.25, -0.2) is 0 Å². The molecule has 0 spiro atoms. The van der Waals surface area contributed by atoms with Gasteiger partial charge in [-0.05, 0) is 42.8 Å². The highest BCUT2D eigenvalue weighted by Gasteiger charge is 2.10. The first kappa shape index (κ1) is 20.7. The second kappa shape index (κ2) is 10.5. The number of nitrogens with zero attached hydrogens (tertiary/aromatic N) is 1. The Bertz CT molecular complexity index is 1030. The van der Waals surface area contributed by atoms with E-state index in [4.69, 9.17) is 19.5 Å². The largest absolute Gasteiger partial charge is 0.493 e. The van der Waals surface area contributed by atoms with Crippen molar-refractivity contribution in [3.05, 3.63) is 78.4 Å². The summed E-state index contributed by atoms with van der Waals surface area (Å²) in [5, 5.41) is 11.8. The van der Waals surface area contributed by atoms with Crippen LogP contribution in [0.15, 0.2) is 72.8 Å². The minimum absolute atomic E-state index is 0.130. The van der Waals surface area contributed by atoms with Gasteiger partial charge in [0.25, 0.3) is 0 Å². The van der Waals surface area contributed by atoms with E-state index in [9.17, 15) is 4.79 Å². The monoisotopic (exact) mass is 402 g/mol. The topological polar surface area (TPSA) is 80.6 Å². The molecule has 0 aromatic heterocycles. The molecule has 0 aliphatic heterocycles. The Hall–Kier alpha value is -3.98. The summed E-state index contributed by atoms with van der Waals surface area (Å²) >= 11 is 0. The fourth-order valence-electron chi connectivity index (χ4n) is 2.76. The smallest absolute Gasteiger partial charge is 0.224 e. The SMILES string of the molecule is COc1cc(C#N)ccc1OCCCC(=O)Nc1ccccc1Oc1ccccc1. The van der Waals surface area contributed by atoms with E-state index in [1.807, 2.05) is 48.5 Å². The molecule has 152 valence electrons. The van der Waals surface area contributed by atoms with E-state index in [2.05, 4.69) is 11.4 Å². The molecule has 1 N–H and O–H groups in total. The summed E-state index contributed by atoms with van der Waals surface area (Å²) in [6, 6.07) is 23.7. The van der Waals surface area contributed by atoms with Crippen LogP contribution in [0, 0.1) is 11.3 Å². The van der Waals surface area contributed by atoms with E-state index in [1.54, 1.807) is 24.3 Å². The number of amides is 1. The van der Waals surface area contributed by atoms with Crippen LogP contribution in [-0.2, 0) is 4.79 Å². The number of carbonyl (C=O) groups is 1. The van der Waals surface area contributed by atoms with Gasteiger partial charge in [0.1, 0.15) is 5.75 Å². The Morgan fingerprint density at radius 3 is 2.50 bits per heavy atom. The van der Waals surface area contributed by atoms with Crippen LogP contribution in [0.1, 0.15) is 18.4 Å². The van der Waals surface area contributed by atoms with Crippen LogP contribution < -0.4 is 19.5 Å². The van der Waals surface area contributed by atoms with Crippen LogP contribution in [0.2, 0.25) is 0 Å². The van der Waals surface area contributed by atoms with Crippen LogP contribution >= 0.6 is 0 Å². The summed E-state index contributed by atoms with van der Waals surface area (Å²) in [7, 11) is 1.52. The van der Waals surface area contributed by atoms with Crippen LogP contribution in [0.5, 0.6) is 23.0 Å². The summed E-state index contributed by atoms with van der Waals surface area (Å²) in [6.07, 6.45) is 0.814. The van der Waals surface area contributed by atoms with E-state index < -0.39 is 0 Å². The lowest BCUT2D eigenvalue weighted by Crippen LogP contribution is -2.13. The number of hydrogen-bond donors (Lipinski definition) is 1. The maximum atomic E-state index is 12.4. The zero-order chi connectivity index (χ0) is 21.2. The summed E-state index contributed by atoms with van der Waals surface area (Å²) in [4.78, 5) is 12.4. The van der Waals surface area contributed by atoms with Crippen LogP contribution in [-0.4, -0.2) is 19.6 Å². The highest BCUT2D eigenvalue weighted by atomic mass is 16.5. The third kappa shape index (κ3) is 5.76. The van der Waals surface area contributed by atoms with Gasteiger partial charge in [0, 0.05) is 12.5 Å². The first-order valence-corrected chi connectivity index (χ1v) is 9.52. The predicted molar refractivity (Wildman–Crippen MR) is 114 cm³/mol. The number of anilines is 1. The number of nitriles is 1. The van der Waals surface area contributed by atoms with Gasteiger partial charge in [-0.15, -0.1) is 0 Å². The van der Waals surface area contributed by atoms with Crippen molar-refractivity contribution in [1.29, 1.82) is 5.26 Å². The van der Waals surface area contributed by atoms with Crippen LogP contribution in [0.3, 0.4) is 0 Å². The molecule has 0 radical (unpaired) electrons. The zero-order valence-electron chi connectivity index (χ0n) is 16.6. The molecule has 0 saturated carbocycles. The standard InChI is InChI=1S/C24H22N2O4/c1-28-23-16-18(17-25)13-14-22(23)29-15-7-12-24(27)26-20-10-5-6-11-21(20)30-19-8-3-2-4-9-19/h2-6,8-11,13-14,16H,7,12,15H2,1H3,(H,26,27). The fraction of sp³-hybridized carbons (Fsp3) is 0.167. The second-order valence-corrected chi connectivity index (χ2v) is 6.39. The summed E-state index contributed by atoms with van der Waals surface area (Å²) in [6.45, 7) is 0.345. The fourth-order valence-corrected chi connectivity index (χ4v) is 2.76. The molecule has 0 unspecified atom stereocenters. The molecule has 0 fully saturated rings. The van der Waals surface area contributed by atoms with Crippen molar-refractivity contribution < 1.29 is 19.0 Å². The molecule has 6 heteroatoms.